The van der Waals surface area contributed by atoms with Crippen LogP contribution in [0.25, 0.3) is 0 Å². The molecule has 0 spiro atoms. The quantitative estimate of drug-likeness (QED) is 0.670. The van der Waals surface area contributed by atoms with E-state index < -0.39 is 0 Å². The third-order valence-electron chi connectivity index (χ3n) is 5.62. The Morgan fingerprint density at radius 1 is 1.08 bits per heavy atom. The molecule has 0 bridgehead atoms. The van der Waals surface area contributed by atoms with Gasteiger partial charge >= 0.3 is 0 Å². The van der Waals surface area contributed by atoms with Crippen LogP contribution in [0.4, 0.5) is 0 Å². The van der Waals surface area contributed by atoms with Gasteiger partial charge in [-0.1, -0.05) is 26.2 Å². The largest absolute Gasteiger partial charge is 0.378 e. The Balaban J connectivity index is 0.00000288. The van der Waals surface area contributed by atoms with Crippen LogP contribution in [-0.2, 0) is 9.53 Å². The molecule has 0 aromatic heterocycles. The molecule has 2 rings (SSSR count). The predicted octanol–water partition coefficient (Wildman–Crippen LogP) is 3.76. The molecule has 1 amide bonds. The summed E-state index contributed by atoms with van der Waals surface area (Å²) in [7, 11) is 0. The van der Waals surface area contributed by atoms with Crippen LogP contribution in [0.2, 0.25) is 0 Å². The van der Waals surface area contributed by atoms with E-state index in [4.69, 9.17) is 10.5 Å². The molecule has 24 heavy (non-hydrogen) atoms. The van der Waals surface area contributed by atoms with Gasteiger partial charge in [0.05, 0.1) is 6.10 Å². The molecule has 0 unspecified atom stereocenters. The highest BCUT2D eigenvalue weighted by Gasteiger charge is 2.31. The van der Waals surface area contributed by atoms with Crippen molar-refractivity contribution in [2.24, 2.45) is 17.6 Å². The molecule has 142 valence electrons. The molecule has 2 aliphatic rings. The zero-order valence-corrected chi connectivity index (χ0v) is 16.2. The van der Waals surface area contributed by atoms with Gasteiger partial charge in [0.1, 0.15) is 0 Å². The molecule has 0 atom stereocenters. The van der Waals surface area contributed by atoms with Crippen molar-refractivity contribution in [3.63, 3.8) is 0 Å². The molecular formula is C19H37ClN2O2. The van der Waals surface area contributed by atoms with Gasteiger partial charge < -0.3 is 15.4 Å². The van der Waals surface area contributed by atoms with Gasteiger partial charge in [-0.25, -0.2) is 0 Å². The van der Waals surface area contributed by atoms with Gasteiger partial charge in [-0.3, -0.25) is 4.79 Å². The number of amides is 1. The van der Waals surface area contributed by atoms with Gasteiger partial charge in [-0.05, 0) is 57.4 Å². The average Bonchev–Trinajstić information content (AvgIpc) is 2.61. The SMILES string of the molecule is CCCCC1CCC(C(=O)N2CCC(OCCCN)CC2)CC1.Cl. The fraction of sp³-hybridized carbons (Fsp3) is 0.947. The number of unbranched alkanes of at least 4 members (excludes halogenated alkanes) is 1. The lowest BCUT2D eigenvalue weighted by molar-refractivity contribution is -0.139. The number of likely N-dealkylation sites (tertiary alicyclic amines) is 1. The number of hydrogen-bond donors (Lipinski definition) is 1. The van der Waals surface area contributed by atoms with Gasteiger partial charge in [0, 0.05) is 25.6 Å². The van der Waals surface area contributed by atoms with Gasteiger partial charge in [0.25, 0.3) is 0 Å². The number of hydrogen-bond acceptors (Lipinski definition) is 3. The highest BCUT2D eigenvalue weighted by Crippen LogP contribution is 2.33. The van der Waals surface area contributed by atoms with E-state index in [0.717, 1.165) is 57.7 Å². The zero-order valence-electron chi connectivity index (χ0n) is 15.4. The second-order valence-electron chi connectivity index (χ2n) is 7.40. The van der Waals surface area contributed by atoms with E-state index in [0.29, 0.717) is 24.5 Å². The lowest BCUT2D eigenvalue weighted by atomic mass is 9.79. The minimum atomic E-state index is 0. The van der Waals surface area contributed by atoms with E-state index in [1.54, 1.807) is 0 Å². The maximum absolute atomic E-state index is 12.7. The van der Waals surface area contributed by atoms with Crippen LogP contribution in [0.3, 0.4) is 0 Å². The van der Waals surface area contributed by atoms with Crippen molar-refractivity contribution in [3.05, 3.63) is 0 Å². The Kier molecular flexibility index (Phi) is 11.0. The van der Waals surface area contributed by atoms with Crippen molar-refractivity contribution < 1.29 is 9.53 Å². The second kappa shape index (κ2) is 12.1. The summed E-state index contributed by atoms with van der Waals surface area (Å²) in [6, 6.07) is 0. The molecule has 1 heterocycles. The monoisotopic (exact) mass is 360 g/mol. The molecule has 1 saturated carbocycles. The van der Waals surface area contributed by atoms with Crippen LogP contribution in [0.1, 0.15) is 71.1 Å². The topological polar surface area (TPSA) is 55.6 Å². The number of rotatable bonds is 8. The van der Waals surface area contributed by atoms with Crippen LogP contribution in [0.15, 0.2) is 0 Å². The summed E-state index contributed by atoms with van der Waals surface area (Å²) in [6.45, 7) is 5.47. The third kappa shape index (κ3) is 6.89. The van der Waals surface area contributed by atoms with Crippen molar-refractivity contribution in [2.45, 2.75) is 77.2 Å². The minimum Gasteiger partial charge on any atom is -0.378 e. The first-order valence-corrected chi connectivity index (χ1v) is 9.85. The number of carbonyl (C=O) groups is 1. The molecule has 5 heteroatoms. The maximum Gasteiger partial charge on any atom is 0.225 e. The first-order valence-electron chi connectivity index (χ1n) is 9.85. The van der Waals surface area contributed by atoms with Crippen LogP contribution >= 0.6 is 12.4 Å². The maximum atomic E-state index is 12.7. The molecule has 2 fully saturated rings. The first-order chi connectivity index (χ1) is 11.2. The lowest BCUT2D eigenvalue weighted by Gasteiger charge is -2.36. The number of nitrogens with two attached hydrogens (primary N) is 1. The summed E-state index contributed by atoms with van der Waals surface area (Å²) in [4.78, 5) is 14.8. The molecule has 4 nitrogen and oxygen atoms in total. The predicted molar refractivity (Wildman–Crippen MR) is 101 cm³/mol. The molecule has 2 N–H and O–H groups in total. The van der Waals surface area contributed by atoms with E-state index in [1.165, 1.54) is 32.1 Å². The minimum absolute atomic E-state index is 0. The van der Waals surface area contributed by atoms with E-state index in [9.17, 15) is 4.79 Å². The summed E-state index contributed by atoms with van der Waals surface area (Å²) in [6.07, 6.45) is 12.0. The summed E-state index contributed by atoms with van der Waals surface area (Å²) >= 11 is 0. The molecule has 0 radical (unpaired) electrons. The normalized spacial score (nSPS) is 25.3. The zero-order chi connectivity index (χ0) is 16.5. The van der Waals surface area contributed by atoms with Crippen LogP contribution in [0, 0.1) is 11.8 Å². The van der Waals surface area contributed by atoms with E-state index in [2.05, 4.69) is 11.8 Å². The first kappa shape index (κ1) is 21.7. The Bertz CT molecular complexity index is 338. The van der Waals surface area contributed by atoms with Crippen molar-refractivity contribution in [1.82, 2.24) is 4.90 Å². The number of carbonyl (C=O) groups excluding carboxylic acids is 1. The number of halogens is 1. The summed E-state index contributed by atoms with van der Waals surface area (Å²) in [5.74, 6) is 1.59. The number of piperidine rings is 1. The molecule has 1 aliphatic carbocycles. The fourth-order valence-electron chi connectivity index (χ4n) is 4.03. The van der Waals surface area contributed by atoms with E-state index >= 15 is 0 Å². The smallest absolute Gasteiger partial charge is 0.225 e. The van der Waals surface area contributed by atoms with Gasteiger partial charge in [0.15, 0.2) is 0 Å². The molecule has 0 aromatic carbocycles. The number of ether oxygens (including phenoxy) is 1. The van der Waals surface area contributed by atoms with E-state index in [-0.39, 0.29) is 12.4 Å². The Labute approximate surface area is 154 Å². The van der Waals surface area contributed by atoms with Crippen LogP contribution < -0.4 is 5.73 Å². The molecular weight excluding hydrogens is 324 g/mol. The average molecular weight is 361 g/mol. The summed E-state index contributed by atoms with van der Waals surface area (Å²) in [5, 5.41) is 0. The van der Waals surface area contributed by atoms with Crippen molar-refractivity contribution in [2.75, 3.05) is 26.2 Å². The standard InChI is InChI=1S/C19H36N2O2.ClH/c1-2-3-5-16-6-8-17(9-7-16)19(22)21-13-10-18(11-14-21)23-15-4-12-20;/h16-18H,2-15,20H2,1H3;1H. The second-order valence-corrected chi connectivity index (χ2v) is 7.40. The van der Waals surface area contributed by atoms with Crippen molar-refractivity contribution in [3.8, 4) is 0 Å². The Morgan fingerprint density at radius 2 is 1.75 bits per heavy atom. The molecule has 0 aromatic rings. The highest BCUT2D eigenvalue weighted by atomic mass is 35.5. The summed E-state index contributed by atoms with van der Waals surface area (Å²) in [5.41, 5.74) is 5.49. The van der Waals surface area contributed by atoms with Gasteiger partial charge in [0.2, 0.25) is 5.91 Å². The highest BCUT2D eigenvalue weighted by molar-refractivity contribution is 5.85. The van der Waals surface area contributed by atoms with E-state index in [1.807, 2.05) is 0 Å². The molecule has 1 aliphatic heterocycles. The van der Waals surface area contributed by atoms with Crippen LogP contribution in [0.5, 0.6) is 0 Å². The Morgan fingerprint density at radius 3 is 2.33 bits per heavy atom. The Hall–Kier alpha value is -0.320. The van der Waals surface area contributed by atoms with Gasteiger partial charge in [-0.2, -0.15) is 0 Å². The van der Waals surface area contributed by atoms with Crippen molar-refractivity contribution in [1.29, 1.82) is 0 Å². The van der Waals surface area contributed by atoms with Crippen LogP contribution in [-0.4, -0.2) is 43.2 Å². The fourth-order valence-corrected chi connectivity index (χ4v) is 4.03. The molecule has 1 saturated heterocycles. The summed E-state index contributed by atoms with van der Waals surface area (Å²) < 4.78 is 5.83. The third-order valence-corrected chi connectivity index (χ3v) is 5.62. The number of nitrogens with zero attached hydrogens (tertiary/aromatic N) is 1. The van der Waals surface area contributed by atoms with Crippen molar-refractivity contribution >= 4 is 18.3 Å². The lowest BCUT2D eigenvalue weighted by Crippen LogP contribution is -2.44. The van der Waals surface area contributed by atoms with Gasteiger partial charge in [-0.15, -0.1) is 12.4 Å².